The van der Waals surface area contributed by atoms with Gasteiger partial charge in [0.15, 0.2) is 0 Å². The van der Waals surface area contributed by atoms with Crippen LogP contribution in [0.25, 0.3) is 0 Å². The third kappa shape index (κ3) is 2.95. The molecule has 0 aromatic carbocycles. The monoisotopic (exact) mass is 226 g/mol. The molecular weight excluding hydrogens is 204 g/mol. The lowest BCUT2D eigenvalue weighted by molar-refractivity contribution is -0.125. The summed E-state index contributed by atoms with van der Waals surface area (Å²) in [5.41, 5.74) is -0.169. The summed E-state index contributed by atoms with van der Waals surface area (Å²) < 4.78 is 5.88. The summed E-state index contributed by atoms with van der Waals surface area (Å²) in [5.74, 6) is 0.500. The lowest BCUT2D eigenvalue weighted by atomic mass is 9.96. The Hall–Kier alpha value is -0.610. The largest absolute Gasteiger partial charge is 0.371 e. The average Bonchev–Trinajstić information content (AvgIpc) is 3.12. The van der Waals surface area contributed by atoms with E-state index in [2.05, 4.69) is 17.6 Å². The van der Waals surface area contributed by atoms with Crippen molar-refractivity contribution in [2.45, 2.75) is 38.2 Å². The lowest BCUT2D eigenvalue weighted by Gasteiger charge is -2.37. The highest BCUT2D eigenvalue weighted by molar-refractivity contribution is 5.80. The number of carbonyl (C=O) groups excluding carboxylic acids is 1. The Balaban J connectivity index is 1.83. The van der Waals surface area contributed by atoms with Crippen LogP contribution >= 0.6 is 0 Å². The second-order valence-corrected chi connectivity index (χ2v) is 4.95. The summed E-state index contributed by atoms with van der Waals surface area (Å²) in [5, 5.41) is 6.39. The van der Waals surface area contributed by atoms with Gasteiger partial charge in [-0.2, -0.15) is 0 Å². The molecule has 1 saturated carbocycles. The number of morpholine rings is 1. The number of rotatable bonds is 5. The van der Waals surface area contributed by atoms with Crippen molar-refractivity contribution in [1.29, 1.82) is 0 Å². The van der Waals surface area contributed by atoms with Crippen molar-refractivity contribution in [2.75, 3.05) is 26.2 Å². The maximum atomic E-state index is 11.6. The Morgan fingerprint density at radius 1 is 1.56 bits per heavy atom. The molecule has 1 heterocycles. The fourth-order valence-electron chi connectivity index (χ4n) is 2.26. The SMILES string of the molecule is CCCC1(CNC(=O)C2CC2)CNCCO1. The van der Waals surface area contributed by atoms with Gasteiger partial charge in [0.05, 0.1) is 12.2 Å². The van der Waals surface area contributed by atoms with E-state index in [0.717, 1.165) is 45.4 Å². The summed E-state index contributed by atoms with van der Waals surface area (Å²) in [6, 6.07) is 0. The Bertz CT molecular complexity index is 240. The highest BCUT2D eigenvalue weighted by Gasteiger charge is 2.35. The molecule has 2 fully saturated rings. The first kappa shape index (κ1) is 11.9. The van der Waals surface area contributed by atoms with Gasteiger partial charge >= 0.3 is 0 Å². The van der Waals surface area contributed by atoms with E-state index in [1.165, 1.54) is 0 Å². The van der Waals surface area contributed by atoms with E-state index in [0.29, 0.717) is 6.54 Å². The zero-order chi connectivity index (χ0) is 11.4. The number of hydrogen-bond acceptors (Lipinski definition) is 3. The van der Waals surface area contributed by atoms with Gasteiger partial charge in [0.25, 0.3) is 0 Å². The topological polar surface area (TPSA) is 50.4 Å². The van der Waals surface area contributed by atoms with Gasteiger partial charge in [-0.15, -0.1) is 0 Å². The molecule has 2 N–H and O–H groups in total. The highest BCUT2D eigenvalue weighted by Crippen LogP contribution is 2.29. The van der Waals surface area contributed by atoms with Crippen LogP contribution in [0.5, 0.6) is 0 Å². The van der Waals surface area contributed by atoms with Crippen LogP contribution in [-0.2, 0) is 9.53 Å². The minimum Gasteiger partial charge on any atom is -0.371 e. The summed E-state index contributed by atoms with van der Waals surface area (Å²) in [4.78, 5) is 11.6. The molecule has 1 amide bonds. The van der Waals surface area contributed by atoms with Gasteiger partial charge in [0.2, 0.25) is 5.91 Å². The minimum atomic E-state index is -0.169. The normalized spacial score (nSPS) is 30.1. The predicted octanol–water partition coefficient (Wildman–Crippen LogP) is 0.671. The molecule has 0 radical (unpaired) electrons. The van der Waals surface area contributed by atoms with Crippen LogP contribution in [0.3, 0.4) is 0 Å². The molecule has 1 unspecified atom stereocenters. The molecule has 4 nitrogen and oxygen atoms in total. The predicted molar refractivity (Wildman–Crippen MR) is 62.2 cm³/mol. The molecule has 92 valence electrons. The van der Waals surface area contributed by atoms with E-state index < -0.39 is 0 Å². The number of hydrogen-bond donors (Lipinski definition) is 2. The Labute approximate surface area is 97.1 Å². The minimum absolute atomic E-state index is 0.169. The van der Waals surface area contributed by atoms with Crippen molar-refractivity contribution in [3.63, 3.8) is 0 Å². The van der Waals surface area contributed by atoms with Crippen LogP contribution in [0.1, 0.15) is 32.6 Å². The Morgan fingerprint density at radius 3 is 2.94 bits per heavy atom. The van der Waals surface area contributed by atoms with E-state index >= 15 is 0 Å². The molecule has 0 bridgehead atoms. The van der Waals surface area contributed by atoms with Crippen LogP contribution < -0.4 is 10.6 Å². The molecule has 0 aromatic heterocycles. The van der Waals surface area contributed by atoms with Gasteiger partial charge in [0.1, 0.15) is 0 Å². The summed E-state index contributed by atoms with van der Waals surface area (Å²) >= 11 is 0. The first-order valence-corrected chi connectivity index (χ1v) is 6.38. The van der Waals surface area contributed by atoms with Gasteiger partial charge in [-0.05, 0) is 19.3 Å². The maximum Gasteiger partial charge on any atom is 0.223 e. The smallest absolute Gasteiger partial charge is 0.223 e. The van der Waals surface area contributed by atoms with Crippen molar-refractivity contribution in [2.24, 2.45) is 5.92 Å². The van der Waals surface area contributed by atoms with Gasteiger partial charge < -0.3 is 15.4 Å². The van der Waals surface area contributed by atoms with E-state index in [-0.39, 0.29) is 17.4 Å². The highest BCUT2D eigenvalue weighted by atomic mass is 16.5. The number of amides is 1. The third-order valence-electron chi connectivity index (χ3n) is 3.37. The fraction of sp³-hybridized carbons (Fsp3) is 0.917. The van der Waals surface area contributed by atoms with E-state index in [4.69, 9.17) is 4.74 Å². The zero-order valence-corrected chi connectivity index (χ0v) is 10.1. The molecule has 0 spiro atoms. The molecule has 4 heteroatoms. The second-order valence-electron chi connectivity index (χ2n) is 4.95. The van der Waals surface area contributed by atoms with Crippen LogP contribution in [-0.4, -0.2) is 37.7 Å². The standard InChI is InChI=1S/C12H22N2O2/c1-2-5-12(8-13-6-7-16-12)9-14-11(15)10-3-4-10/h10,13H,2-9H2,1H3,(H,14,15). The number of nitrogens with one attached hydrogen (secondary N) is 2. The summed E-state index contributed by atoms with van der Waals surface area (Å²) in [7, 11) is 0. The van der Waals surface area contributed by atoms with Crippen molar-refractivity contribution in [3.05, 3.63) is 0 Å². The first-order chi connectivity index (χ1) is 7.76. The quantitative estimate of drug-likeness (QED) is 0.724. The van der Waals surface area contributed by atoms with Crippen molar-refractivity contribution < 1.29 is 9.53 Å². The molecule has 2 rings (SSSR count). The van der Waals surface area contributed by atoms with Crippen LogP contribution in [0.4, 0.5) is 0 Å². The van der Waals surface area contributed by atoms with E-state index in [9.17, 15) is 4.79 Å². The van der Waals surface area contributed by atoms with Gasteiger partial charge in [-0.3, -0.25) is 4.79 Å². The van der Waals surface area contributed by atoms with Crippen LogP contribution in [0.15, 0.2) is 0 Å². The molecule has 1 saturated heterocycles. The Morgan fingerprint density at radius 2 is 2.38 bits per heavy atom. The molecule has 16 heavy (non-hydrogen) atoms. The number of carbonyl (C=O) groups is 1. The number of ether oxygens (including phenoxy) is 1. The van der Waals surface area contributed by atoms with Gasteiger partial charge in [-0.25, -0.2) is 0 Å². The zero-order valence-electron chi connectivity index (χ0n) is 10.1. The molecule has 1 aliphatic heterocycles. The van der Waals surface area contributed by atoms with Crippen LogP contribution in [0, 0.1) is 5.92 Å². The average molecular weight is 226 g/mol. The van der Waals surface area contributed by atoms with Crippen molar-refractivity contribution in [1.82, 2.24) is 10.6 Å². The van der Waals surface area contributed by atoms with Gasteiger partial charge in [0, 0.05) is 25.6 Å². The third-order valence-corrected chi connectivity index (χ3v) is 3.37. The summed E-state index contributed by atoms with van der Waals surface area (Å²) in [6.07, 6.45) is 4.21. The fourth-order valence-corrected chi connectivity index (χ4v) is 2.26. The maximum absolute atomic E-state index is 11.6. The van der Waals surface area contributed by atoms with Gasteiger partial charge in [-0.1, -0.05) is 13.3 Å². The molecular formula is C12H22N2O2. The lowest BCUT2D eigenvalue weighted by Crippen LogP contribution is -2.56. The van der Waals surface area contributed by atoms with E-state index in [1.807, 2.05) is 0 Å². The van der Waals surface area contributed by atoms with E-state index in [1.54, 1.807) is 0 Å². The first-order valence-electron chi connectivity index (χ1n) is 6.38. The molecule has 1 aliphatic carbocycles. The molecule has 1 atom stereocenters. The van der Waals surface area contributed by atoms with Crippen molar-refractivity contribution in [3.8, 4) is 0 Å². The second kappa shape index (κ2) is 5.15. The summed E-state index contributed by atoms with van der Waals surface area (Å²) in [6.45, 7) is 5.33. The van der Waals surface area contributed by atoms with Crippen LogP contribution in [0.2, 0.25) is 0 Å². The Kier molecular flexibility index (Phi) is 3.82. The molecule has 0 aromatic rings. The van der Waals surface area contributed by atoms with Crippen molar-refractivity contribution >= 4 is 5.91 Å². The molecule has 2 aliphatic rings.